The molecule has 0 amide bonds. The summed E-state index contributed by atoms with van der Waals surface area (Å²) in [6.07, 6.45) is 1.93. The molecule has 0 aliphatic rings. The Labute approximate surface area is 70.4 Å². The van der Waals surface area contributed by atoms with Crippen molar-refractivity contribution in [2.24, 2.45) is 7.05 Å². The van der Waals surface area contributed by atoms with Crippen LogP contribution in [0.4, 0.5) is 4.39 Å². The Balaban J connectivity index is 2.87. The number of halogens is 1. The van der Waals surface area contributed by atoms with E-state index in [4.69, 9.17) is 0 Å². The first-order valence-electron chi connectivity index (χ1n) is 3.89. The Kier molecular flexibility index (Phi) is 1.43. The van der Waals surface area contributed by atoms with Crippen LogP contribution in [0.1, 0.15) is 5.56 Å². The quantitative estimate of drug-likeness (QED) is 0.562. The smallest absolute Gasteiger partial charge is 0.128 e. The Morgan fingerprint density at radius 1 is 1.33 bits per heavy atom. The van der Waals surface area contributed by atoms with Crippen LogP contribution < -0.4 is 0 Å². The molecular weight excluding hydrogens is 153 g/mol. The number of fused-ring (bicyclic) bond motifs is 1. The summed E-state index contributed by atoms with van der Waals surface area (Å²) >= 11 is 0. The first kappa shape index (κ1) is 7.35. The van der Waals surface area contributed by atoms with Crippen molar-refractivity contribution in [2.45, 2.75) is 6.92 Å². The van der Waals surface area contributed by atoms with Gasteiger partial charge in [0.2, 0.25) is 0 Å². The van der Waals surface area contributed by atoms with Gasteiger partial charge in [0.05, 0.1) is 5.52 Å². The van der Waals surface area contributed by atoms with Crippen molar-refractivity contribution in [1.82, 2.24) is 4.57 Å². The minimum Gasteiger partial charge on any atom is -0.350 e. The molecule has 62 valence electrons. The summed E-state index contributed by atoms with van der Waals surface area (Å²) in [4.78, 5) is 0. The van der Waals surface area contributed by atoms with Crippen molar-refractivity contribution in [3.63, 3.8) is 0 Å². The summed E-state index contributed by atoms with van der Waals surface area (Å²) in [5.41, 5.74) is 1.65. The first-order valence-corrected chi connectivity index (χ1v) is 3.89. The van der Waals surface area contributed by atoms with E-state index in [2.05, 4.69) is 0 Å². The second kappa shape index (κ2) is 2.34. The number of aromatic nitrogens is 1. The number of nitrogens with zero attached hydrogens (tertiary/aromatic N) is 1. The first-order chi connectivity index (χ1) is 5.68. The molecular formula is C10H10FN. The van der Waals surface area contributed by atoms with Gasteiger partial charge in [0.15, 0.2) is 0 Å². The van der Waals surface area contributed by atoms with Crippen LogP contribution >= 0.6 is 0 Å². The maximum atomic E-state index is 13.1. The zero-order chi connectivity index (χ0) is 8.72. The topological polar surface area (TPSA) is 4.93 Å². The SMILES string of the molecule is Cc1cc2ccn(C)c2cc1F. The molecule has 0 fully saturated rings. The predicted octanol–water partition coefficient (Wildman–Crippen LogP) is 2.63. The fraction of sp³-hybridized carbons (Fsp3) is 0.200. The number of hydrogen-bond donors (Lipinski definition) is 0. The third-order valence-corrected chi connectivity index (χ3v) is 2.17. The fourth-order valence-corrected chi connectivity index (χ4v) is 1.40. The lowest BCUT2D eigenvalue weighted by Crippen LogP contribution is -1.86. The number of aryl methyl sites for hydroxylation is 2. The molecule has 12 heavy (non-hydrogen) atoms. The second-order valence-corrected chi connectivity index (χ2v) is 3.09. The minimum atomic E-state index is -0.135. The number of hydrogen-bond acceptors (Lipinski definition) is 0. The van der Waals surface area contributed by atoms with Crippen LogP contribution in [0.3, 0.4) is 0 Å². The number of benzene rings is 1. The van der Waals surface area contributed by atoms with Gasteiger partial charge in [-0.25, -0.2) is 4.39 Å². The molecule has 0 spiro atoms. The maximum absolute atomic E-state index is 13.1. The largest absolute Gasteiger partial charge is 0.350 e. The van der Waals surface area contributed by atoms with Crippen LogP contribution in [0.2, 0.25) is 0 Å². The van der Waals surface area contributed by atoms with E-state index in [-0.39, 0.29) is 5.82 Å². The van der Waals surface area contributed by atoms with E-state index >= 15 is 0 Å². The van der Waals surface area contributed by atoms with Crippen LogP contribution in [-0.2, 0) is 7.05 Å². The van der Waals surface area contributed by atoms with Crippen molar-refractivity contribution >= 4 is 10.9 Å². The highest BCUT2D eigenvalue weighted by molar-refractivity contribution is 5.80. The van der Waals surface area contributed by atoms with Gasteiger partial charge >= 0.3 is 0 Å². The molecule has 0 saturated carbocycles. The van der Waals surface area contributed by atoms with Gasteiger partial charge in [0.1, 0.15) is 5.82 Å². The minimum absolute atomic E-state index is 0.135. The van der Waals surface area contributed by atoms with Crippen molar-refractivity contribution < 1.29 is 4.39 Å². The third-order valence-electron chi connectivity index (χ3n) is 2.17. The lowest BCUT2D eigenvalue weighted by molar-refractivity contribution is 0.619. The molecule has 1 nitrogen and oxygen atoms in total. The zero-order valence-electron chi connectivity index (χ0n) is 7.13. The molecule has 2 rings (SSSR count). The predicted molar refractivity (Wildman–Crippen MR) is 47.6 cm³/mol. The van der Waals surface area contributed by atoms with Crippen molar-refractivity contribution in [2.75, 3.05) is 0 Å². The molecule has 1 aromatic carbocycles. The van der Waals surface area contributed by atoms with Crippen LogP contribution in [0.5, 0.6) is 0 Å². The summed E-state index contributed by atoms with van der Waals surface area (Å²) < 4.78 is 15.0. The average molecular weight is 163 g/mol. The Morgan fingerprint density at radius 3 is 2.83 bits per heavy atom. The Hall–Kier alpha value is -1.31. The summed E-state index contributed by atoms with van der Waals surface area (Å²) in [6, 6.07) is 5.43. The molecule has 0 aliphatic carbocycles. The van der Waals surface area contributed by atoms with E-state index in [1.807, 2.05) is 29.9 Å². The van der Waals surface area contributed by atoms with Gasteiger partial charge in [-0.15, -0.1) is 0 Å². The summed E-state index contributed by atoms with van der Waals surface area (Å²) in [5.74, 6) is -0.135. The van der Waals surface area contributed by atoms with Crippen LogP contribution in [0.15, 0.2) is 24.4 Å². The molecule has 1 aromatic heterocycles. The van der Waals surface area contributed by atoms with Crippen molar-refractivity contribution in [3.05, 3.63) is 35.8 Å². The highest BCUT2D eigenvalue weighted by Gasteiger charge is 2.02. The van der Waals surface area contributed by atoms with E-state index in [0.717, 1.165) is 10.9 Å². The Morgan fingerprint density at radius 2 is 2.08 bits per heavy atom. The fourth-order valence-electron chi connectivity index (χ4n) is 1.40. The maximum Gasteiger partial charge on any atom is 0.128 e. The number of rotatable bonds is 0. The van der Waals surface area contributed by atoms with Gasteiger partial charge < -0.3 is 4.57 Å². The van der Waals surface area contributed by atoms with Gasteiger partial charge in [0.25, 0.3) is 0 Å². The third kappa shape index (κ3) is 0.916. The van der Waals surface area contributed by atoms with E-state index < -0.39 is 0 Å². The molecule has 2 heteroatoms. The molecule has 0 aliphatic heterocycles. The van der Waals surface area contributed by atoms with E-state index in [0.29, 0.717) is 5.56 Å². The molecule has 0 saturated heterocycles. The van der Waals surface area contributed by atoms with Crippen LogP contribution in [-0.4, -0.2) is 4.57 Å². The van der Waals surface area contributed by atoms with Crippen LogP contribution in [0.25, 0.3) is 10.9 Å². The van der Waals surface area contributed by atoms with E-state index in [1.165, 1.54) is 0 Å². The monoisotopic (exact) mass is 163 g/mol. The van der Waals surface area contributed by atoms with Gasteiger partial charge in [-0.05, 0) is 30.7 Å². The normalized spacial score (nSPS) is 10.9. The highest BCUT2D eigenvalue weighted by Crippen LogP contribution is 2.18. The lowest BCUT2D eigenvalue weighted by atomic mass is 10.2. The van der Waals surface area contributed by atoms with Gasteiger partial charge in [-0.1, -0.05) is 0 Å². The summed E-state index contributed by atoms with van der Waals surface area (Å²) in [6.45, 7) is 1.78. The molecule has 0 unspecified atom stereocenters. The molecule has 0 bridgehead atoms. The zero-order valence-corrected chi connectivity index (χ0v) is 7.13. The Bertz CT molecular complexity index is 429. The second-order valence-electron chi connectivity index (χ2n) is 3.09. The van der Waals surface area contributed by atoms with Gasteiger partial charge in [-0.3, -0.25) is 0 Å². The molecule has 2 aromatic rings. The lowest BCUT2D eigenvalue weighted by Gasteiger charge is -1.98. The van der Waals surface area contributed by atoms with Crippen molar-refractivity contribution in [3.8, 4) is 0 Å². The highest BCUT2D eigenvalue weighted by atomic mass is 19.1. The average Bonchev–Trinajstić information content (AvgIpc) is 2.35. The van der Waals surface area contributed by atoms with E-state index in [1.54, 1.807) is 13.0 Å². The van der Waals surface area contributed by atoms with Gasteiger partial charge in [-0.2, -0.15) is 0 Å². The molecule has 0 N–H and O–H groups in total. The van der Waals surface area contributed by atoms with Crippen LogP contribution in [0, 0.1) is 12.7 Å². The summed E-state index contributed by atoms with van der Waals surface area (Å²) in [5, 5.41) is 1.09. The summed E-state index contributed by atoms with van der Waals surface area (Å²) in [7, 11) is 1.91. The standard InChI is InChI=1S/C10H10FN/c1-7-5-8-3-4-12(2)10(8)6-9(7)11/h3-6H,1-2H3. The van der Waals surface area contributed by atoms with Gasteiger partial charge in [0, 0.05) is 18.6 Å². The molecule has 0 atom stereocenters. The molecule has 1 heterocycles. The molecule has 0 radical (unpaired) electrons. The van der Waals surface area contributed by atoms with E-state index in [9.17, 15) is 4.39 Å². The van der Waals surface area contributed by atoms with Crippen molar-refractivity contribution in [1.29, 1.82) is 0 Å².